The van der Waals surface area contributed by atoms with Crippen LogP contribution in [0, 0.1) is 11.8 Å². The number of halogens is 3. The number of carbonyl (C=O) groups excluding carboxylic acids is 5. The Balaban J connectivity index is 1.38. The molecule has 1 fully saturated rings. The molecule has 1 aliphatic heterocycles. The molecule has 1 aliphatic carbocycles. The number of ketones is 1. The van der Waals surface area contributed by atoms with Crippen molar-refractivity contribution in [2.75, 3.05) is 6.54 Å². The normalized spacial score (nSPS) is 17.8. The third-order valence-corrected chi connectivity index (χ3v) is 7.77. The Kier molecular flexibility index (Phi) is 8.26. The predicted octanol–water partition coefficient (Wildman–Crippen LogP) is 6.06. The largest absolute Gasteiger partial charge is 0.423 e. The Morgan fingerprint density at radius 1 is 0.805 bits per heavy atom. The Labute approximate surface area is 250 Å². The molecule has 0 bridgehead atoms. The lowest BCUT2D eigenvalue weighted by Gasteiger charge is -2.30. The summed E-state index contributed by atoms with van der Waals surface area (Å²) in [5.74, 6) is -4.19. The molecule has 11 heteroatoms. The van der Waals surface area contributed by atoms with E-state index in [1.165, 1.54) is 54.6 Å². The minimum absolute atomic E-state index is 0.0404. The van der Waals surface area contributed by atoms with E-state index in [0.717, 1.165) is 10.0 Å². The van der Waals surface area contributed by atoms with Gasteiger partial charge in [-0.2, -0.15) is 5.01 Å². The first-order chi connectivity index (χ1) is 19.7. The summed E-state index contributed by atoms with van der Waals surface area (Å²) in [5.41, 5.74) is 0.309. The molecule has 208 valence electrons. The Bertz CT molecular complexity index is 1580. The maximum absolute atomic E-state index is 13.6. The number of hydrazine groups is 1. The predicted molar refractivity (Wildman–Crippen MR) is 152 cm³/mol. The van der Waals surface area contributed by atoms with E-state index < -0.39 is 47.9 Å². The van der Waals surface area contributed by atoms with Gasteiger partial charge < -0.3 is 4.74 Å². The van der Waals surface area contributed by atoms with Gasteiger partial charge in [-0.1, -0.05) is 59.1 Å². The van der Waals surface area contributed by atoms with E-state index in [4.69, 9.17) is 39.5 Å². The standard InChI is InChI=1S/C30H21Cl3N2O6/c31-18-11-14-23(25(33)15-18)30(40)41-19-12-9-17(10-13-19)26(36)16-34(27(37)22-7-3-4-8-24(22)32)35-28(38)20-5-1-2-6-21(20)29(35)39/h1-4,7-15,20-21H,5-6,16H2/t20-,21-/m1/s1. The van der Waals surface area contributed by atoms with E-state index in [2.05, 4.69) is 0 Å². The first kappa shape index (κ1) is 28.5. The number of imide groups is 1. The lowest BCUT2D eigenvalue weighted by atomic mass is 9.85. The number of Topliss-reactive ketones (excluding diaryl/α,β-unsaturated/α-hetero) is 1. The fourth-order valence-corrected chi connectivity index (χ4v) is 5.48. The molecule has 0 saturated carbocycles. The van der Waals surface area contributed by atoms with Gasteiger partial charge in [-0.25, -0.2) is 9.80 Å². The number of hydrogen-bond acceptors (Lipinski definition) is 6. The number of ether oxygens (including phenoxy) is 1. The number of hydrogen-bond donors (Lipinski definition) is 0. The van der Waals surface area contributed by atoms with Gasteiger partial charge >= 0.3 is 5.97 Å². The van der Waals surface area contributed by atoms with Crippen molar-refractivity contribution in [3.05, 3.63) is 111 Å². The molecular formula is C30H21Cl3N2O6. The van der Waals surface area contributed by atoms with Gasteiger partial charge in [0.1, 0.15) is 12.3 Å². The number of fused-ring (bicyclic) bond motifs is 1. The van der Waals surface area contributed by atoms with Crippen LogP contribution in [-0.4, -0.2) is 46.0 Å². The fourth-order valence-electron chi connectivity index (χ4n) is 4.78. The van der Waals surface area contributed by atoms with E-state index in [1.54, 1.807) is 12.1 Å². The maximum Gasteiger partial charge on any atom is 0.345 e. The van der Waals surface area contributed by atoms with Gasteiger partial charge in [-0.05, 0) is 67.4 Å². The summed E-state index contributed by atoms with van der Waals surface area (Å²) in [6.45, 7) is -0.603. The zero-order valence-corrected chi connectivity index (χ0v) is 23.5. The number of rotatable bonds is 7. The number of benzene rings is 3. The SMILES string of the molecule is O=C(CN(C(=O)c1ccccc1Cl)N1C(=O)[C@@H]2CC=CC[C@H]2C1=O)c1ccc(OC(=O)c2ccc(Cl)cc2Cl)cc1. The number of esters is 1. The van der Waals surface area contributed by atoms with Crippen molar-refractivity contribution in [3.8, 4) is 5.75 Å². The first-order valence-electron chi connectivity index (χ1n) is 12.6. The Morgan fingerprint density at radius 3 is 2.05 bits per heavy atom. The fraction of sp³-hybridized carbons (Fsp3) is 0.167. The molecule has 0 N–H and O–H groups in total. The molecule has 0 unspecified atom stereocenters. The van der Waals surface area contributed by atoms with Crippen LogP contribution in [-0.2, 0) is 9.59 Å². The van der Waals surface area contributed by atoms with Gasteiger partial charge in [-0.3, -0.25) is 19.2 Å². The summed E-state index contributed by atoms with van der Waals surface area (Å²) in [4.78, 5) is 66.1. The van der Waals surface area contributed by atoms with Crippen molar-refractivity contribution >= 4 is 64.3 Å². The highest BCUT2D eigenvalue weighted by molar-refractivity contribution is 6.36. The summed E-state index contributed by atoms with van der Waals surface area (Å²) in [7, 11) is 0. The molecule has 3 amide bonds. The molecule has 8 nitrogen and oxygen atoms in total. The van der Waals surface area contributed by atoms with Crippen LogP contribution in [0.1, 0.15) is 43.9 Å². The monoisotopic (exact) mass is 610 g/mol. The lowest BCUT2D eigenvalue weighted by molar-refractivity contribution is -0.154. The van der Waals surface area contributed by atoms with Crippen LogP contribution in [0.5, 0.6) is 5.75 Å². The van der Waals surface area contributed by atoms with Crippen molar-refractivity contribution in [1.82, 2.24) is 10.0 Å². The highest BCUT2D eigenvalue weighted by atomic mass is 35.5. The molecule has 1 heterocycles. The molecule has 5 rings (SSSR count). The van der Waals surface area contributed by atoms with Gasteiger partial charge in [-0.15, -0.1) is 0 Å². The molecule has 2 atom stereocenters. The quantitative estimate of drug-likeness (QED) is 0.106. The van der Waals surface area contributed by atoms with Gasteiger partial charge in [0.15, 0.2) is 5.78 Å². The summed E-state index contributed by atoms with van der Waals surface area (Å²) in [6, 6.07) is 16.2. The number of nitrogens with zero attached hydrogens (tertiary/aromatic N) is 2. The minimum Gasteiger partial charge on any atom is -0.423 e. The van der Waals surface area contributed by atoms with Crippen molar-refractivity contribution in [2.45, 2.75) is 12.8 Å². The summed E-state index contributed by atoms with van der Waals surface area (Å²) < 4.78 is 5.35. The smallest absolute Gasteiger partial charge is 0.345 e. The Morgan fingerprint density at radius 2 is 1.44 bits per heavy atom. The zero-order valence-electron chi connectivity index (χ0n) is 21.3. The van der Waals surface area contributed by atoms with E-state index in [1.807, 2.05) is 12.2 Å². The molecule has 3 aromatic rings. The summed E-state index contributed by atoms with van der Waals surface area (Å²) in [5, 5.41) is 2.25. The lowest BCUT2D eigenvalue weighted by Crippen LogP contribution is -2.52. The second kappa shape index (κ2) is 11.9. The molecule has 0 spiro atoms. The second-order valence-corrected chi connectivity index (χ2v) is 10.7. The maximum atomic E-state index is 13.6. The average molecular weight is 612 g/mol. The van der Waals surface area contributed by atoms with Crippen molar-refractivity contribution in [1.29, 1.82) is 0 Å². The van der Waals surface area contributed by atoms with Crippen LogP contribution in [0.25, 0.3) is 0 Å². The van der Waals surface area contributed by atoms with Crippen molar-refractivity contribution < 1.29 is 28.7 Å². The van der Waals surface area contributed by atoms with Crippen LogP contribution in [0.3, 0.4) is 0 Å². The second-order valence-electron chi connectivity index (χ2n) is 9.45. The van der Waals surface area contributed by atoms with E-state index in [9.17, 15) is 24.0 Å². The van der Waals surface area contributed by atoms with Crippen LogP contribution in [0.15, 0.2) is 78.9 Å². The van der Waals surface area contributed by atoms with Gasteiger partial charge in [0, 0.05) is 10.6 Å². The molecule has 0 radical (unpaired) electrons. The van der Waals surface area contributed by atoms with E-state index >= 15 is 0 Å². The van der Waals surface area contributed by atoms with E-state index in [0.29, 0.717) is 17.9 Å². The van der Waals surface area contributed by atoms with Gasteiger partial charge in [0.2, 0.25) is 0 Å². The number of carbonyl (C=O) groups is 5. The van der Waals surface area contributed by atoms with Crippen LogP contribution in [0.4, 0.5) is 0 Å². The van der Waals surface area contributed by atoms with Crippen LogP contribution in [0.2, 0.25) is 15.1 Å². The summed E-state index contributed by atoms with van der Waals surface area (Å²) in [6.07, 6.45) is 4.40. The highest BCUT2D eigenvalue weighted by Crippen LogP contribution is 2.36. The van der Waals surface area contributed by atoms with Gasteiger partial charge in [0.05, 0.1) is 33.0 Å². The van der Waals surface area contributed by atoms with Crippen molar-refractivity contribution in [3.63, 3.8) is 0 Å². The number of allylic oxidation sites excluding steroid dienone is 2. The van der Waals surface area contributed by atoms with Gasteiger partial charge in [0.25, 0.3) is 17.7 Å². The minimum atomic E-state index is -0.761. The van der Waals surface area contributed by atoms with E-state index in [-0.39, 0.29) is 32.5 Å². The zero-order chi connectivity index (χ0) is 29.3. The molecular weight excluding hydrogens is 591 g/mol. The third kappa shape index (κ3) is 5.77. The van der Waals surface area contributed by atoms with Crippen LogP contribution >= 0.6 is 34.8 Å². The van der Waals surface area contributed by atoms with Crippen molar-refractivity contribution in [2.24, 2.45) is 11.8 Å². The molecule has 41 heavy (non-hydrogen) atoms. The number of amides is 3. The first-order valence-corrected chi connectivity index (χ1v) is 13.7. The molecule has 2 aliphatic rings. The Hall–Kier alpha value is -3.98. The third-order valence-electron chi connectivity index (χ3n) is 6.90. The average Bonchev–Trinajstić information content (AvgIpc) is 3.21. The molecule has 1 saturated heterocycles. The topological polar surface area (TPSA) is 101 Å². The molecule has 0 aromatic heterocycles. The molecule has 3 aromatic carbocycles. The van der Waals surface area contributed by atoms with Crippen LogP contribution < -0.4 is 4.74 Å². The summed E-state index contributed by atoms with van der Waals surface area (Å²) >= 11 is 18.2. The highest BCUT2D eigenvalue weighted by Gasteiger charge is 2.51.